The van der Waals surface area contributed by atoms with Crippen molar-refractivity contribution >= 4 is 0 Å². The Balaban J connectivity index is 2.89. The first-order valence-corrected chi connectivity index (χ1v) is 5.11. The van der Waals surface area contributed by atoms with Gasteiger partial charge in [0.05, 0.1) is 5.60 Å². The van der Waals surface area contributed by atoms with Crippen LogP contribution >= 0.6 is 0 Å². The Morgan fingerprint density at radius 3 is 2.67 bits per heavy atom. The van der Waals surface area contributed by atoms with Crippen LogP contribution in [0.5, 0.6) is 0 Å². The van der Waals surface area contributed by atoms with Gasteiger partial charge in [-0.15, -0.1) is 0 Å². The maximum Gasteiger partial charge on any atom is 0.126 e. The van der Waals surface area contributed by atoms with Gasteiger partial charge < -0.3 is 10.4 Å². The Kier molecular flexibility index (Phi) is 3.83. The molecule has 0 bridgehead atoms. The first-order chi connectivity index (χ1) is 6.97. The molecule has 0 aliphatic carbocycles. The van der Waals surface area contributed by atoms with E-state index >= 15 is 0 Å². The molecule has 0 heterocycles. The number of halogens is 1. The number of benzene rings is 1. The first-order valence-electron chi connectivity index (χ1n) is 5.11. The van der Waals surface area contributed by atoms with E-state index in [9.17, 15) is 9.50 Å². The highest BCUT2D eigenvalue weighted by Crippen LogP contribution is 2.25. The van der Waals surface area contributed by atoms with Crippen molar-refractivity contribution in [2.24, 2.45) is 0 Å². The molecule has 1 aromatic rings. The number of aliphatic hydroxyl groups is 1. The maximum absolute atomic E-state index is 13.3. The quantitative estimate of drug-likeness (QED) is 0.798. The summed E-state index contributed by atoms with van der Waals surface area (Å²) in [7, 11) is 1.83. The lowest BCUT2D eigenvalue weighted by molar-refractivity contribution is 0.0482. The molecular formula is C12H18FNO. The fourth-order valence-electron chi connectivity index (χ4n) is 1.44. The third-order valence-corrected chi connectivity index (χ3v) is 2.66. The predicted octanol–water partition coefficient (Wildman–Crippen LogP) is 1.95. The van der Waals surface area contributed by atoms with Crippen molar-refractivity contribution in [1.29, 1.82) is 0 Å². The van der Waals surface area contributed by atoms with E-state index in [1.54, 1.807) is 26.0 Å². The summed E-state index contributed by atoms with van der Waals surface area (Å²) in [5.74, 6) is -0.266. The molecule has 0 saturated carbocycles. The van der Waals surface area contributed by atoms with Crippen LogP contribution < -0.4 is 5.32 Å². The van der Waals surface area contributed by atoms with Gasteiger partial charge in [0.25, 0.3) is 0 Å². The number of hydrogen-bond donors (Lipinski definition) is 2. The molecule has 84 valence electrons. The van der Waals surface area contributed by atoms with Crippen LogP contribution in [0.2, 0.25) is 0 Å². The Morgan fingerprint density at radius 1 is 1.47 bits per heavy atom. The summed E-state index contributed by atoms with van der Waals surface area (Å²) in [6, 6.07) is 4.87. The van der Waals surface area contributed by atoms with Gasteiger partial charge in [-0.2, -0.15) is 0 Å². The second-order valence-corrected chi connectivity index (χ2v) is 4.09. The van der Waals surface area contributed by atoms with Crippen molar-refractivity contribution in [3.63, 3.8) is 0 Å². The van der Waals surface area contributed by atoms with Gasteiger partial charge in [-0.25, -0.2) is 4.39 Å². The zero-order valence-corrected chi connectivity index (χ0v) is 9.47. The molecule has 1 atom stereocenters. The van der Waals surface area contributed by atoms with Crippen molar-refractivity contribution < 1.29 is 9.50 Å². The van der Waals surface area contributed by atoms with Crippen LogP contribution in [0.4, 0.5) is 4.39 Å². The van der Waals surface area contributed by atoms with E-state index in [4.69, 9.17) is 0 Å². The van der Waals surface area contributed by atoms with Crippen LogP contribution in [0, 0.1) is 12.7 Å². The zero-order valence-electron chi connectivity index (χ0n) is 9.47. The van der Waals surface area contributed by atoms with Gasteiger partial charge in [-0.05, 0) is 51.1 Å². The Bertz CT molecular complexity index is 336. The molecule has 0 aliphatic rings. The number of rotatable bonds is 4. The second kappa shape index (κ2) is 4.73. The summed E-state index contributed by atoms with van der Waals surface area (Å²) in [6.45, 7) is 4.11. The van der Waals surface area contributed by atoms with Crippen molar-refractivity contribution in [3.05, 3.63) is 35.1 Å². The van der Waals surface area contributed by atoms with Crippen LogP contribution in [0.25, 0.3) is 0 Å². The highest BCUT2D eigenvalue weighted by atomic mass is 19.1. The van der Waals surface area contributed by atoms with Crippen LogP contribution in [0.1, 0.15) is 24.5 Å². The normalized spacial score (nSPS) is 15.0. The van der Waals surface area contributed by atoms with Crippen LogP contribution in [0.3, 0.4) is 0 Å². The third-order valence-electron chi connectivity index (χ3n) is 2.66. The van der Waals surface area contributed by atoms with Gasteiger partial charge in [0.1, 0.15) is 5.82 Å². The topological polar surface area (TPSA) is 32.3 Å². The third kappa shape index (κ3) is 3.01. The molecule has 0 spiro atoms. The average Bonchev–Trinajstić information content (AvgIpc) is 2.19. The SMILES string of the molecule is CNCCC(C)(O)c1ccc(C)c(F)c1. The fourth-order valence-corrected chi connectivity index (χ4v) is 1.44. The highest BCUT2D eigenvalue weighted by Gasteiger charge is 2.22. The van der Waals surface area contributed by atoms with Crippen molar-refractivity contribution in [2.45, 2.75) is 25.9 Å². The highest BCUT2D eigenvalue weighted by molar-refractivity contribution is 5.27. The standard InChI is InChI=1S/C12H18FNO/c1-9-4-5-10(8-11(9)13)12(2,15)6-7-14-3/h4-5,8,14-15H,6-7H2,1-3H3. The van der Waals surface area contributed by atoms with Gasteiger partial charge in [0.15, 0.2) is 0 Å². The van der Waals surface area contributed by atoms with Crippen LogP contribution in [-0.2, 0) is 5.60 Å². The van der Waals surface area contributed by atoms with E-state index in [-0.39, 0.29) is 5.82 Å². The Morgan fingerprint density at radius 2 is 2.13 bits per heavy atom. The lowest BCUT2D eigenvalue weighted by Crippen LogP contribution is -2.26. The Labute approximate surface area is 90.1 Å². The Hall–Kier alpha value is -0.930. The molecule has 1 unspecified atom stereocenters. The van der Waals surface area contributed by atoms with Crippen LogP contribution in [0.15, 0.2) is 18.2 Å². The predicted molar refractivity (Wildman–Crippen MR) is 59.3 cm³/mol. The van der Waals surface area contributed by atoms with Gasteiger partial charge in [-0.3, -0.25) is 0 Å². The molecule has 0 aromatic heterocycles. The second-order valence-electron chi connectivity index (χ2n) is 4.09. The molecule has 15 heavy (non-hydrogen) atoms. The number of aryl methyl sites for hydroxylation is 1. The van der Waals surface area contributed by atoms with E-state index < -0.39 is 5.60 Å². The molecule has 0 saturated heterocycles. The van der Waals surface area contributed by atoms with Crippen LogP contribution in [-0.4, -0.2) is 18.7 Å². The molecular weight excluding hydrogens is 193 g/mol. The minimum absolute atomic E-state index is 0.266. The van der Waals surface area contributed by atoms with E-state index in [1.807, 2.05) is 7.05 Å². The molecule has 1 rings (SSSR count). The zero-order chi connectivity index (χ0) is 11.5. The van der Waals surface area contributed by atoms with E-state index in [0.717, 1.165) is 0 Å². The van der Waals surface area contributed by atoms with E-state index in [1.165, 1.54) is 6.07 Å². The monoisotopic (exact) mass is 211 g/mol. The van der Waals surface area contributed by atoms with E-state index in [0.29, 0.717) is 24.1 Å². The largest absolute Gasteiger partial charge is 0.385 e. The summed E-state index contributed by atoms with van der Waals surface area (Å²) in [6.07, 6.45) is 0.562. The summed E-state index contributed by atoms with van der Waals surface area (Å²) < 4.78 is 13.3. The number of hydrogen-bond acceptors (Lipinski definition) is 2. The van der Waals surface area contributed by atoms with E-state index in [2.05, 4.69) is 5.32 Å². The molecule has 0 radical (unpaired) electrons. The first kappa shape index (κ1) is 12.1. The summed E-state index contributed by atoms with van der Waals surface area (Å²) in [5.41, 5.74) is 0.251. The molecule has 0 aliphatic heterocycles. The number of nitrogens with one attached hydrogen (secondary N) is 1. The minimum Gasteiger partial charge on any atom is -0.385 e. The molecule has 2 N–H and O–H groups in total. The van der Waals surface area contributed by atoms with Crippen molar-refractivity contribution in [2.75, 3.05) is 13.6 Å². The van der Waals surface area contributed by atoms with Crippen molar-refractivity contribution in [1.82, 2.24) is 5.32 Å². The molecule has 0 fully saturated rings. The summed E-state index contributed by atoms with van der Waals surface area (Å²) in [4.78, 5) is 0. The fraction of sp³-hybridized carbons (Fsp3) is 0.500. The smallest absolute Gasteiger partial charge is 0.126 e. The molecule has 2 nitrogen and oxygen atoms in total. The van der Waals surface area contributed by atoms with Gasteiger partial charge in [0.2, 0.25) is 0 Å². The molecule has 3 heteroatoms. The average molecular weight is 211 g/mol. The molecule has 0 amide bonds. The van der Waals surface area contributed by atoms with Gasteiger partial charge in [0, 0.05) is 0 Å². The van der Waals surface area contributed by atoms with Gasteiger partial charge in [-0.1, -0.05) is 12.1 Å². The minimum atomic E-state index is -0.975. The van der Waals surface area contributed by atoms with Crippen molar-refractivity contribution in [3.8, 4) is 0 Å². The van der Waals surface area contributed by atoms with Gasteiger partial charge >= 0.3 is 0 Å². The lowest BCUT2D eigenvalue weighted by atomic mass is 9.92. The lowest BCUT2D eigenvalue weighted by Gasteiger charge is -2.24. The summed E-state index contributed by atoms with van der Waals surface area (Å²) in [5, 5.41) is 13.1. The summed E-state index contributed by atoms with van der Waals surface area (Å²) >= 11 is 0. The molecule has 1 aromatic carbocycles. The maximum atomic E-state index is 13.3.